The molecule has 6 aromatic rings. The van der Waals surface area contributed by atoms with Crippen molar-refractivity contribution in [3.63, 3.8) is 0 Å². The summed E-state index contributed by atoms with van der Waals surface area (Å²) in [5, 5.41) is 20.9. The van der Waals surface area contributed by atoms with E-state index in [0.717, 1.165) is 22.6 Å². The Balaban J connectivity index is 1.42. The van der Waals surface area contributed by atoms with E-state index >= 15 is 0 Å². The van der Waals surface area contributed by atoms with Crippen molar-refractivity contribution in [2.24, 2.45) is 0 Å². The summed E-state index contributed by atoms with van der Waals surface area (Å²) < 4.78 is 11.8. The predicted molar refractivity (Wildman–Crippen MR) is 181 cm³/mol. The second-order valence-corrected chi connectivity index (χ2v) is 11.5. The van der Waals surface area contributed by atoms with Crippen molar-refractivity contribution in [3.05, 3.63) is 156 Å². The molecule has 0 atom stereocenters. The van der Waals surface area contributed by atoms with E-state index in [2.05, 4.69) is 109 Å². The van der Waals surface area contributed by atoms with Gasteiger partial charge in [0.2, 0.25) is 0 Å². The number of hydrogen-bond donors (Lipinski definition) is 2. The summed E-state index contributed by atoms with van der Waals surface area (Å²) in [6.45, 7) is 1.15. The van der Waals surface area contributed by atoms with Gasteiger partial charge in [-0.1, -0.05) is 97.1 Å². The van der Waals surface area contributed by atoms with E-state index in [-0.39, 0.29) is 13.2 Å². The van der Waals surface area contributed by atoms with Gasteiger partial charge >= 0.3 is 0 Å². The summed E-state index contributed by atoms with van der Waals surface area (Å²) in [5.41, 5.74) is 8.99. The molecule has 0 heterocycles. The molecule has 0 spiro atoms. The first-order valence-corrected chi connectivity index (χ1v) is 15.6. The molecule has 0 amide bonds. The quantitative estimate of drug-likeness (QED) is 0.148. The highest BCUT2D eigenvalue weighted by molar-refractivity contribution is 5.91. The summed E-state index contributed by atoms with van der Waals surface area (Å²) >= 11 is 0. The second kappa shape index (κ2) is 12.6. The molecule has 0 saturated carbocycles. The first-order chi connectivity index (χ1) is 22.2. The fourth-order valence-corrected chi connectivity index (χ4v) is 6.73. The maximum absolute atomic E-state index is 9.21. The van der Waals surface area contributed by atoms with Gasteiger partial charge in [-0.2, -0.15) is 0 Å². The van der Waals surface area contributed by atoms with Crippen LogP contribution in [0.4, 0.5) is 0 Å². The minimum atomic E-state index is -0.577. The molecule has 4 nitrogen and oxygen atoms in total. The Hall–Kier alpha value is -4.90. The van der Waals surface area contributed by atoms with Crippen molar-refractivity contribution in [2.75, 3.05) is 26.4 Å². The summed E-state index contributed by atoms with van der Waals surface area (Å²) in [4.78, 5) is 0. The van der Waals surface area contributed by atoms with Crippen molar-refractivity contribution < 1.29 is 19.7 Å². The Labute approximate surface area is 264 Å². The molecule has 0 aliphatic heterocycles. The van der Waals surface area contributed by atoms with E-state index in [1.54, 1.807) is 0 Å². The average Bonchev–Trinajstić information content (AvgIpc) is 3.39. The van der Waals surface area contributed by atoms with Crippen LogP contribution in [-0.2, 0) is 5.41 Å². The largest absolute Gasteiger partial charge is 0.494 e. The number of hydrogen-bond acceptors (Lipinski definition) is 4. The molecule has 6 aromatic carbocycles. The van der Waals surface area contributed by atoms with Crippen molar-refractivity contribution in [2.45, 2.75) is 18.3 Å². The predicted octanol–water partition coefficient (Wildman–Crippen LogP) is 8.39. The lowest BCUT2D eigenvalue weighted by Crippen LogP contribution is -2.28. The Morgan fingerprint density at radius 3 is 1.64 bits per heavy atom. The number of fused-ring (bicyclic) bond motifs is 4. The highest BCUT2D eigenvalue weighted by Gasteiger charge is 2.46. The molecule has 45 heavy (non-hydrogen) atoms. The molecule has 0 aromatic heterocycles. The zero-order valence-electron chi connectivity index (χ0n) is 25.2. The lowest BCUT2D eigenvalue weighted by molar-refractivity contribution is 0.233. The number of benzene rings is 6. The lowest BCUT2D eigenvalue weighted by atomic mass is 9.67. The molecule has 0 fully saturated rings. The van der Waals surface area contributed by atoms with Crippen molar-refractivity contribution in [3.8, 4) is 33.8 Å². The fraction of sp³-hybridized carbons (Fsp3) is 0.171. The summed E-state index contributed by atoms with van der Waals surface area (Å²) in [7, 11) is 0. The number of aliphatic hydroxyl groups is 2. The summed E-state index contributed by atoms with van der Waals surface area (Å²) in [6, 6.07) is 47.6. The third kappa shape index (κ3) is 5.27. The van der Waals surface area contributed by atoms with Gasteiger partial charge < -0.3 is 19.7 Å². The van der Waals surface area contributed by atoms with E-state index in [0.29, 0.717) is 26.1 Å². The van der Waals surface area contributed by atoms with Gasteiger partial charge in [-0.3, -0.25) is 0 Å². The number of aliphatic hydroxyl groups excluding tert-OH is 2. The zero-order valence-corrected chi connectivity index (χ0v) is 25.2. The van der Waals surface area contributed by atoms with Crippen LogP contribution >= 0.6 is 0 Å². The summed E-state index contributed by atoms with van der Waals surface area (Å²) in [5.74, 6) is 1.57. The van der Waals surface area contributed by atoms with Crippen molar-refractivity contribution >= 4 is 10.8 Å². The molecule has 0 radical (unpaired) electrons. The molecule has 224 valence electrons. The molecule has 4 heteroatoms. The van der Waals surface area contributed by atoms with Gasteiger partial charge in [-0.15, -0.1) is 0 Å². The van der Waals surface area contributed by atoms with Crippen LogP contribution < -0.4 is 9.47 Å². The van der Waals surface area contributed by atoms with Gasteiger partial charge in [0.15, 0.2) is 0 Å². The first-order valence-electron chi connectivity index (χ1n) is 15.6. The van der Waals surface area contributed by atoms with Crippen LogP contribution in [0.5, 0.6) is 11.5 Å². The number of ether oxygens (including phenoxy) is 2. The van der Waals surface area contributed by atoms with Crippen molar-refractivity contribution in [1.82, 2.24) is 0 Å². The normalized spacial score (nSPS) is 12.9. The van der Waals surface area contributed by atoms with E-state index in [1.165, 1.54) is 44.2 Å². The zero-order chi connectivity index (χ0) is 30.6. The fourth-order valence-electron chi connectivity index (χ4n) is 6.73. The molecular weight excluding hydrogens is 556 g/mol. The monoisotopic (exact) mass is 592 g/mol. The van der Waals surface area contributed by atoms with Crippen LogP contribution in [-0.4, -0.2) is 36.6 Å². The lowest BCUT2D eigenvalue weighted by Gasteiger charge is -2.34. The molecule has 7 rings (SSSR count). The Bertz CT molecular complexity index is 1870. The average molecular weight is 593 g/mol. The van der Waals surface area contributed by atoms with E-state index < -0.39 is 5.41 Å². The second-order valence-electron chi connectivity index (χ2n) is 11.5. The Morgan fingerprint density at radius 1 is 0.467 bits per heavy atom. The van der Waals surface area contributed by atoms with Crippen LogP contribution in [0.3, 0.4) is 0 Å². The minimum absolute atomic E-state index is 0.105. The van der Waals surface area contributed by atoms with Gasteiger partial charge in [0.1, 0.15) is 11.5 Å². The molecule has 2 N–H and O–H groups in total. The third-order valence-electron chi connectivity index (χ3n) is 8.84. The van der Waals surface area contributed by atoms with Crippen LogP contribution in [0.25, 0.3) is 33.0 Å². The van der Waals surface area contributed by atoms with Gasteiger partial charge in [-0.05, 0) is 91.7 Å². The summed E-state index contributed by atoms with van der Waals surface area (Å²) in [6.07, 6.45) is 1.19. The van der Waals surface area contributed by atoms with Gasteiger partial charge in [0.05, 0.1) is 18.6 Å². The molecule has 0 unspecified atom stereocenters. The van der Waals surface area contributed by atoms with Gasteiger partial charge in [0, 0.05) is 26.1 Å². The Kier molecular flexibility index (Phi) is 8.08. The molecule has 0 saturated heterocycles. The van der Waals surface area contributed by atoms with Crippen LogP contribution in [0.1, 0.15) is 35.1 Å². The standard InChI is InChI=1S/C41H36O4/c42-23-5-25-44-35-18-14-33(15-19-35)41(34-16-20-36(21-17-34)45-26-6-24-43)39-10-4-3-9-37(39)38-22-13-32(28-40(38)41)31-12-11-29-7-1-2-8-30(29)27-31/h1-4,7-22,27-28,42-43H,5-6,23-26H2. The molecular formula is C41H36O4. The smallest absolute Gasteiger partial charge is 0.119 e. The molecule has 1 aliphatic carbocycles. The molecule has 1 aliphatic rings. The van der Waals surface area contributed by atoms with Gasteiger partial charge in [0.25, 0.3) is 0 Å². The van der Waals surface area contributed by atoms with Crippen LogP contribution in [0.2, 0.25) is 0 Å². The molecule has 0 bridgehead atoms. The highest BCUT2D eigenvalue weighted by Crippen LogP contribution is 2.57. The first kappa shape index (κ1) is 28.8. The van der Waals surface area contributed by atoms with E-state index in [4.69, 9.17) is 9.47 Å². The maximum atomic E-state index is 9.21. The van der Waals surface area contributed by atoms with Gasteiger partial charge in [-0.25, -0.2) is 0 Å². The minimum Gasteiger partial charge on any atom is -0.494 e. The highest BCUT2D eigenvalue weighted by atomic mass is 16.5. The number of rotatable bonds is 11. The maximum Gasteiger partial charge on any atom is 0.119 e. The SMILES string of the molecule is OCCCOc1ccc(C2(c3ccc(OCCCO)cc3)c3ccccc3-c3ccc(-c4ccc5ccccc5c4)cc32)cc1. The van der Waals surface area contributed by atoms with Crippen LogP contribution in [0, 0.1) is 0 Å². The Morgan fingerprint density at radius 2 is 1.00 bits per heavy atom. The van der Waals surface area contributed by atoms with E-state index in [1.807, 2.05) is 24.3 Å². The topological polar surface area (TPSA) is 58.9 Å². The van der Waals surface area contributed by atoms with E-state index in [9.17, 15) is 10.2 Å². The van der Waals surface area contributed by atoms with Crippen LogP contribution in [0.15, 0.2) is 133 Å². The third-order valence-corrected chi connectivity index (χ3v) is 8.84. The van der Waals surface area contributed by atoms with Crippen molar-refractivity contribution in [1.29, 1.82) is 0 Å².